The Morgan fingerprint density at radius 1 is 1.29 bits per heavy atom. The normalized spacial score (nSPS) is 11.0. The minimum atomic E-state index is -2.36. The van der Waals surface area contributed by atoms with Crippen molar-refractivity contribution in [3.63, 3.8) is 0 Å². The molecule has 0 spiro atoms. The number of hydrogen-bond donors (Lipinski definition) is 1. The SMILES string of the molecule is CC(C)Nc1cccc(SC(F)F)c1. The van der Waals surface area contributed by atoms with E-state index in [0.29, 0.717) is 22.7 Å². The Hall–Kier alpha value is -0.770. The second-order valence-corrected chi connectivity index (χ2v) is 4.27. The smallest absolute Gasteiger partial charge is 0.288 e. The monoisotopic (exact) mass is 217 g/mol. The third kappa shape index (κ3) is 3.96. The van der Waals surface area contributed by atoms with Gasteiger partial charge in [-0.05, 0) is 32.0 Å². The van der Waals surface area contributed by atoms with Crippen LogP contribution in [0.5, 0.6) is 0 Å². The van der Waals surface area contributed by atoms with E-state index in [0.717, 1.165) is 5.69 Å². The lowest BCUT2D eigenvalue weighted by atomic mass is 10.3. The summed E-state index contributed by atoms with van der Waals surface area (Å²) in [5.41, 5.74) is 0.880. The molecule has 0 atom stereocenters. The molecule has 1 aromatic carbocycles. The number of hydrogen-bond acceptors (Lipinski definition) is 2. The highest BCUT2D eigenvalue weighted by Crippen LogP contribution is 2.27. The molecule has 0 saturated heterocycles. The van der Waals surface area contributed by atoms with Gasteiger partial charge in [-0.1, -0.05) is 17.8 Å². The van der Waals surface area contributed by atoms with Crippen LogP contribution in [0, 0.1) is 0 Å². The van der Waals surface area contributed by atoms with Crippen molar-refractivity contribution in [3.05, 3.63) is 24.3 Å². The molecule has 4 heteroatoms. The second kappa shape index (κ2) is 5.20. The standard InChI is InChI=1S/C10H13F2NS/c1-7(2)13-8-4-3-5-9(6-8)14-10(11)12/h3-7,10,13H,1-2H3. The average Bonchev–Trinajstić information content (AvgIpc) is 2.01. The third-order valence-corrected chi connectivity index (χ3v) is 2.22. The molecule has 0 aliphatic rings. The molecule has 14 heavy (non-hydrogen) atoms. The summed E-state index contributed by atoms with van der Waals surface area (Å²) >= 11 is 0.566. The van der Waals surface area contributed by atoms with E-state index in [2.05, 4.69) is 5.32 Å². The summed E-state index contributed by atoms with van der Waals surface area (Å²) in [5.74, 6) is -2.36. The van der Waals surface area contributed by atoms with Gasteiger partial charge in [0.1, 0.15) is 0 Å². The molecule has 0 heterocycles. The van der Waals surface area contributed by atoms with Crippen LogP contribution in [0.15, 0.2) is 29.2 Å². The lowest BCUT2D eigenvalue weighted by Crippen LogP contribution is -2.09. The summed E-state index contributed by atoms with van der Waals surface area (Å²) in [6, 6.07) is 7.37. The first-order valence-corrected chi connectivity index (χ1v) is 5.27. The van der Waals surface area contributed by atoms with E-state index >= 15 is 0 Å². The maximum atomic E-state index is 12.1. The molecule has 0 unspecified atom stereocenters. The lowest BCUT2D eigenvalue weighted by molar-refractivity contribution is 0.252. The van der Waals surface area contributed by atoms with Crippen LogP contribution in [0.2, 0.25) is 0 Å². The van der Waals surface area contributed by atoms with Crippen molar-refractivity contribution in [1.29, 1.82) is 0 Å². The van der Waals surface area contributed by atoms with Gasteiger partial charge in [0.05, 0.1) is 0 Å². The second-order valence-electron chi connectivity index (χ2n) is 3.21. The van der Waals surface area contributed by atoms with Gasteiger partial charge in [0.15, 0.2) is 0 Å². The van der Waals surface area contributed by atoms with Gasteiger partial charge in [0.25, 0.3) is 5.76 Å². The number of benzene rings is 1. The van der Waals surface area contributed by atoms with Crippen molar-refractivity contribution in [1.82, 2.24) is 0 Å². The van der Waals surface area contributed by atoms with Crippen molar-refractivity contribution in [2.45, 2.75) is 30.5 Å². The van der Waals surface area contributed by atoms with E-state index < -0.39 is 5.76 Å². The maximum absolute atomic E-state index is 12.1. The van der Waals surface area contributed by atoms with Crippen molar-refractivity contribution >= 4 is 17.4 Å². The molecule has 0 aromatic heterocycles. The van der Waals surface area contributed by atoms with E-state index in [4.69, 9.17) is 0 Å². The zero-order valence-corrected chi connectivity index (χ0v) is 8.94. The Kier molecular flexibility index (Phi) is 4.20. The maximum Gasteiger partial charge on any atom is 0.288 e. The molecule has 0 saturated carbocycles. The molecule has 1 nitrogen and oxygen atoms in total. The number of rotatable bonds is 4. The van der Waals surface area contributed by atoms with Gasteiger partial charge in [-0.2, -0.15) is 8.78 Å². The van der Waals surface area contributed by atoms with Crippen molar-refractivity contribution in [2.75, 3.05) is 5.32 Å². The van der Waals surface area contributed by atoms with Gasteiger partial charge in [-0.15, -0.1) is 0 Å². The van der Waals surface area contributed by atoms with Gasteiger partial charge >= 0.3 is 0 Å². The molecule has 0 aliphatic heterocycles. The van der Waals surface area contributed by atoms with E-state index in [-0.39, 0.29) is 0 Å². The van der Waals surface area contributed by atoms with E-state index in [9.17, 15) is 8.78 Å². The molecule has 78 valence electrons. The molecular weight excluding hydrogens is 204 g/mol. The molecule has 0 aliphatic carbocycles. The molecule has 0 radical (unpaired) electrons. The Morgan fingerprint density at radius 2 is 2.00 bits per heavy atom. The van der Waals surface area contributed by atoms with Crippen molar-refractivity contribution < 1.29 is 8.78 Å². The Balaban J connectivity index is 2.68. The summed E-state index contributed by atoms with van der Waals surface area (Å²) < 4.78 is 24.1. The van der Waals surface area contributed by atoms with E-state index in [1.807, 2.05) is 19.9 Å². The lowest BCUT2D eigenvalue weighted by Gasteiger charge is -2.10. The number of nitrogens with one attached hydrogen (secondary N) is 1. The highest BCUT2D eigenvalue weighted by molar-refractivity contribution is 7.99. The van der Waals surface area contributed by atoms with Crippen molar-refractivity contribution in [2.24, 2.45) is 0 Å². The van der Waals surface area contributed by atoms with Crippen LogP contribution in [-0.4, -0.2) is 11.8 Å². The van der Waals surface area contributed by atoms with Gasteiger partial charge in [0.2, 0.25) is 0 Å². The fourth-order valence-corrected chi connectivity index (χ4v) is 1.65. The van der Waals surface area contributed by atoms with E-state index in [1.165, 1.54) is 0 Å². The molecular formula is C10H13F2NS. The van der Waals surface area contributed by atoms with Crippen LogP contribution in [0.1, 0.15) is 13.8 Å². The van der Waals surface area contributed by atoms with Crippen LogP contribution in [0.4, 0.5) is 14.5 Å². The predicted octanol–water partition coefficient (Wildman–Crippen LogP) is 3.82. The van der Waals surface area contributed by atoms with Gasteiger partial charge in [0, 0.05) is 16.6 Å². The number of thioether (sulfide) groups is 1. The average molecular weight is 217 g/mol. The number of halogens is 2. The first-order valence-electron chi connectivity index (χ1n) is 4.39. The Bertz CT molecular complexity index is 264. The topological polar surface area (TPSA) is 12.0 Å². The summed E-state index contributed by atoms with van der Waals surface area (Å²) in [4.78, 5) is 0.589. The highest BCUT2D eigenvalue weighted by Gasteiger charge is 2.05. The largest absolute Gasteiger partial charge is 0.383 e. The van der Waals surface area contributed by atoms with Gasteiger partial charge < -0.3 is 5.32 Å². The highest BCUT2D eigenvalue weighted by atomic mass is 32.2. The third-order valence-electron chi connectivity index (χ3n) is 1.51. The molecule has 1 aromatic rings. The Morgan fingerprint density at radius 3 is 2.57 bits per heavy atom. The van der Waals surface area contributed by atoms with Crippen LogP contribution in [0.25, 0.3) is 0 Å². The van der Waals surface area contributed by atoms with E-state index in [1.54, 1.807) is 18.2 Å². The zero-order valence-electron chi connectivity index (χ0n) is 8.13. The first kappa shape index (κ1) is 11.3. The van der Waals surface area contributed by atoms with Gasteiger partial charge in [-0.25, -0.2) is 0 Å². The minimum absolute atomic E-state index is 0.307. The molecule has 0 fully saturated rings. The number of alkyl halides is 2. The fraction of sp³-hybridized carbons (Fsp3) is 0.400. The van der Waals surface area contributed by atoms with Crippen LogP contribution >= 0.6 is 11.8 Å². The summed E-state index contributed by atoms with van der Waals surface area (Å²) in [6.07, 6.45) is 0. The van der Waals surface area contributed by atoms with Gasteiger partial charge in [-0.3, -0.25) is 0 Å². The molecule has 1 rings (SSSR count). The molecule has 0 bridgehead atoms. The van der Waals surface area contributed by atoms with Crippen LogP contribution < -0.4 is 5.32 Å². The van der Waals surface area contributed by atoms with Crippen LogP contribution in [-0.2, 0) is 0 Å². The summed E-state index contributed by atoms with van der Waals surface area (Å²) in [5, 5.41) is 3.16. The molecule has 1 N–H and O–H groups in total. The number of anilines is 1. The quantitative estimate of drug-likeness (QED) is 0.769. The summed E-state index contributed by atoms with van der Waals surface area (Å²) in [7, 11) is 0. The first-order chi connectivity index (χ1) is 6.58. The predicted molar refractivity (Wildman–Crippen MR) is 57.1 cm³/mol. The van der Waals surface area contributed by atoms with Crippen LogP contribution in [0.3, 0.4) is 0 Å². The molecule has 0 amide bonds. The zero-order chi connectivity index (χ0) is 10.6. The van der Waals surface area contributed by atoms with Crippen molar-refractivity contribution in [3.8, 4) is 0 Å². The minimum Gasteiger partial charge on any atom is -0.383 e. The fourth-order valence-electron chi connectivity index (χ4n) is 1.10. The Labute approximate surface area is 86.9 Å². The summed E-state index contributed by atoms with van der Waals surface area (Å²) in [6.45, 7) is 4.01.